The van der Waals surface area contributed by atoms with Crippen LogP contribution in [0.3, 0.4) is 0 Å². The molecule has 2 aliphatic rings. The van der Waals surface area contributed by atoms with E-state index in [9.17, 15) is 0 Å². The molecule has 1 N–H and O–H groups in total. The Hall–Kier alpha value is -0.0800. The average Bonchev–Trinajstić information content (AvgIpc) is 2.78. The third kappa shape index (κ3) is 2.29. The first-order chi connectivity index (χ1) is 6.72. The van der Waals surface area contributed by atoms with E-state index < -0.39 is 0 Å². The van der Waals surface area contributed by atoms with E-state index >= 15 is 0 Å². The largest absolute Gasteiger partial charge is 0.316 e. The first kappa shape index (κ1) is 10.4. The van der Waals surface area contributed by atoms with E-state index in [-0.39, 0.29) is 0 Å². The van der Waals surface area contributed by atoms with Crippen molar-refractivity contribution in [2.24, 2.45) is 11.3 Å². The van der Waals surface area contributed by atoms with Gasteiger partial charge in [-0.25, -0.2) is 0 Å². The lowest BCUT2D eigenvalue weighted by Gasteiger charge is -2.24. The maximum Gasteiger partial charge on any atom is 0.00358 e. The van der Waals surface area contributed by atoms with Gasteiger partial charge in [-0.1, -0.05) is 13.8 Å². The molecule has 0 bridgehead atoms. The number of likely N-dealkylation sites (tertiary alicyclic amines) is 1. The molecule has 2 fully saturated rings. The molecule has 2 atom stereocenters. The molecule has 2 heterocycles. The van der Waals surface area contributed by atoms with Crippen molar-refractivity contribution in [1.82, 2.24) is 10.2 Å². The van der Waals surface area contributed by atoms with Gasteiger partial charge in [-0.15, -0.1) is 0 Å². The maximum atomic E-state index is 3.45. The van der Waals surface area contributed by atoms with Crippen LogP contribution in [0.5, 0.6) is 0 Å². The normalized spacial score (nSPS) is 39.4. The molecule has 0 spiro atoms. The predicted octanol–water partition coefficient (Wildman–Crippen LogP) is 1.72. The Balaban J connectivity index is 1.78. The van der Waals surface area contributed by atoms with Crippen LogP contribution in [-0.4, -0.2) is 37.6 Å². The first-order valence-electron chi connectivity index (χ1n) is 6.15. The summed E-state index contributed by atoms with van der Waals surface area (Å²) in [6.07, 6.45) is 4.13. The Morgan fingerprint density at radius 3 is 2.93 bits per heavy atom. The molecule has 2 saturated heterocycles. The molecule has 82 valence electrons. The molecule has 0 aromatic rings. The molecule has 2 heteroatoms. The predicted molar refractivity (Wildman–Crippen MR) is 60.4 cm³/mol. The minimum absolute atomic E-state index is 0.617. The van der Waals surface area contributed by atoms with Crippen LogP contribution in [0.15, 0.2) is 0 Å². The van der Waals surface area contributed by atoms with Gasteiger partial charge in [0.2, 0.25) is 0 Å². The van der Waals surface area contributed by atoms with Gasteiger partial charge < -0.3 is 10.2 Å². The molecule has 0 aromatic heterocycles. The number of nitrogens with zero attached hydrogens (tertiary/aromatic N) is 1. The summed E-state index contributed by atoms with van der Waals surface area (Å²) in [7, 11) is 0. The quantitative estimate of drug-likeness (QED) is 0.739. The molecular formula is C12H24N2. The van der Waals surface area contributed by atoms with E-state index in [0.717, 1.165) is 5.92 Å². The molecule has 0 saturated carbocycles. The Labute approximate surface area is 88.1 Å². The monoisotopic (exact) mass is 196 g/mol. The molecule has 0 aromatic carbocycles. The van der Waals surface area contributed by atoms with Crippen molar-refractivity contribution in [3.63, 3.8) is 0 Å². The summed E-state index contributed by atoms with van der Waals surface area (Å²) < 4.78 is 0. The summed E-state index contributed by atoms with van der Waals surface area (Å²) in [4.78, 5) is 2.68. The molecule has 2 rings (SSSR count). The van der Waals surface area contributed by atoms with Gasteiger partial charge in [-0.2, -0.15) is 0 Å². The van der Waals surface area contributed by atoms with Crippen LogP contribution in [0, 0.1) is 11.3 Å². The van der Waals surface area contributed by atoms with Crippen LogP contribution in [0.1, 0.15) is 33.1 Å². The molecule has 14 heavy (non-hydrogen) atoms. The van der Waals surface area contributed by atoms with Gasteiger partial charge in [0.1, 0.15) is 0 Å². The number of hydrogen-bond donors (Lipinski definition) is 1. The highest BCUT2D eigenvalue weighted by atomic mass is 15.2. The van der Waals surface area contributed by atoms with Crippen molar-refractivity contribution in [3.8, 4) is 0 Å². The first-order valence-corrected chi connectivity index (χ1v) is 6.15. The van der Waals surface area contributed by atoms with Crippen molar-refractivity contribution >= 4 is 0 Å². The summed E-state index contributed by atoms with van der Waals surface area (Å²) in [6, 6.07) is 0. The van der Waals surface area contributed by atoms with Gasteiger partial charge in [-0.3, -0.25) is 0 Å². The summed E-state index contributed by atoms with van der Waals surface area (Å²) >= 11 is 0. The van der Waals surface area contributed by atoms with Gasteiger partial charge >= 0.3 is 0 Å². The van der Waals surface area contributed by atoms with Crippen LogP contribution in [0.25, 0.3) is 0 Å². The zero-order chi connectivity index (χ0) is 10.0. The maximum absolute atomic E-state index is 3.45. The van der Waals surface area contributed by atoms with Crippen LogP contribution in [0.4, 0.5) is 0 Å². The third-order valence-corrected chi connectivity index (χ3v) is 4.17. The van der Waals surface area contributed by atoms with Crippen molar-refractivity contribution < 1.29 is 0 Å². The highest BCUT2D eigenvalue weighted by Gasteiger charge is 2.33. The van der Waals surface area contributed by atoms with E-state index in [0.29, 0.717) is 5.41 Å². The van der Waals surface area contributed by atoms with Crippen molar-refractivity contribution in [3.05, 3.63) is 0 Å². The van der Waals surface area contributed by atoms with Crippen LogP contribution in [0.2, 0.25) is 0 Å². The SMILES string of the molecule is CCC1(C)CCN(CC2CCNC2)C1. The number of rotatable bonds is 3. The minimum Gasteiger partial charge on any atom is -0.316 e. The lowest BCUT2D eigenvalue weighted by atomic mass is 9.87. The van der Waals surface area contributed by atoms with E-state index in [1.165, 1.54) is 52.0 Å². The molecule has 2 nitrogen and oxygen atoms in total. The van der Waals surface area contributed by atoms with E-state index in [1.54, 1.807) is 0 Å². The Morgan fingerprint density at radius 2 is 2.36 bits per heavy atom. The van der Waals surface area contributed by atoms with Crippen molar-refractivity contribution in [2.45, 2.75) is 33.1 Å². The fourth-order valence-corrected chi connectivity index (χ4v) is 2.81. The second-order valence-corrected chi connectivity index (χ2v) is 5.51. The minimum atomic E-state index is 0.617. The summed E-state index contributed by atoms with van der Waals surface area (Å²) in [5.41, 5.74) is 0.617. The van der Waals surface area contributed by atoms with Crippen LogP contribution in [-0.2, 0) is 0 Å². The molecule has 2 aliphatic heterocycles. The lowest BCUT2D eigenvalue weighted by Crippen LogP contribution is -2.30. The van der Waals surface area contributed by atoms with Crippen molar-refractivity contribution in [2.75, 3.05) is 32.7 Å². The van der Waals surface area contributed by atoms with Gasteiger partial charge in [0.05, 0.1) is 0 Å². The average molecular weight is 196 g/mol. The standard InChI is InChI=1S/C12H24N2/c1-3-12(2)5-7-14(10-12)9-11-4-6-13-8-11/h11,13H,3-10H2,1-2H3. The second-order valence-electron chi connectivity index (χ2n) is 5.51. The topological polar surface area (TPSA) is 15.3 Å². The highest BCUT2D eigenvalue weighted by Crippen LogP contribution is 2.33. The Bertz CT molecular complexity index is 187. The lowest BCUT2D eigenvalue weighted by molar-refractivity contribution is 0.242. The van der Waals surface area contributed by atoms with Gasteiger partial charge in [-0.05, 0) is 50.2 Å². The van der Waals surface area contributed by atoms with E-state index in [1.807, 2.05) is 0 Å². The van der Waals surface area contributed by atoms with E-state index in [4.69, 9.17) is 0 Å². The zero-order valence-electron chi connectivity index (χ0n) is 9.68. The Kier molecular flexibility index (Phi) is 3.13. The molecule has 0 aliphatic carbocycles. The van der Waals surface area contributed by atoms with Crippen LogP contribution < -0.4 is 5.32 Å². The fourth-order valence-electron chi connectivity index (χ4n) is 2.81. The summed E-state index contributed by atoms with van der Waals surface area (Å²) in [5, 5.41) is 3.45. The number of hydrogen-bond acceptors (Lipinski definition) is 2. The number of nitrogens with one attached hydrogen (secondary N) is 1. The molecule has 0 radical (unpaired) electrons. The van der Waals surface area contributed by atoms with Crippen LogP contribution >= 0.6 is 0 Å². The zero-order valence-corrected chi connectivity index (χ0v) is 9.68. The third-order valence-electron chi connectivity index (χ3n) is 4.17. The summed E-state index contributed by atoms with van der Waals surface area (Å²) in [5.74, 6) is 0.925. The fraction of sp³-hybridized carbons (Fsp3) is 1.00. The Morgan fingerprint density at radius 1 is 1.50 bits per heavy atom. The van der Waals surface area contributed by atoms with Crippen molar-refractivity contribution in [1.29, 1.82) is 0 Å². The van der Waals surface area contributed by atoms with Gasteiger partial charge in [0.15, 0.2) is 0 Å². The van der Waals surface area contributed by atoms with Gasteiger partial charge in [0, 0.05) is 13.1 Å². The smallest absolute Gasteiger partial charge is 0.00358 e. The van der Waals surface area contributed by atoms with E-state index in [2.05, 4.69) is 24.1 Å². The molecule has 0 amide bonds. The van der Waals surface area contributed by atoms with Gasteiger partial charge in [0.25, 0.3) is 0 Å². The second kappa shape index (κ2) is 4.19. The molecule has 2 unspecified atom stereocenters. The molecular weight excluding hydrogens is 172 g/mol. The highest BCUT2D eigenvalue weighted by molar-refractivity contribution is 4.87. The summed E-state index contributed by atoms with van der Waals surface area (Å²) in [6.45, 7) is 11.3.